The van der Waals surface area contributed by atoms with Gasteiger partial charge in [-0.05, 0) is 38.3 Å². The van der Waals surface area contributed by atoms with E-state index in [-0.39, 0.29) is 24.3 Å². The Kier molecular flexibility index (Phi) is 5.01. The molecule has 30 heavy (non-hydrogen) atoms. The molecule has 0 radical (unpaired) electrons. The van der Waals surface area contributed by atoms with E-state index in [2.05, 4.69) is 0 Å². The third-order valence-electron chi connectivity index (χ3n) is 5.67. The van der Waals surface area contributed by atoms with Crippen LogP contribution in [0.25, 0.3) is 0 Å². The molecule has 0 bridgehead atoms. The van der Waals surface area contributed by atoms with Crippen molar-refractivity contribution in [1.29, 1.82) is 0 Å². The van der Waals surface area contributed by atoms with Crippen molar-refractivity contribution in [2.75, 3.05) is 31.6 Å². The smallest absolute Gasteiger partial charge is 0.336 e. The zero-order valence-corrected chi connectivity index (χ0v) is 18.2. The van der Waals surface area contributed by atoms with E-state index in [1.807, 2.05) is 6.92 Å². The number of rotatable bonds is 2. The normalized spacial score (nSPS) is 16.5. The number of hydrogen-bond acceptors (Lipinski definition) is 6. The lowest BCUT2D eigenvalue weighted by molar-refractivity contribution is -0.118. The highest BCUT2D eigenvalue weighted by molar-refractivity contribution is 7.17. The number of hydrogen-bond donors (Lipinski definition) is 0. The highest BCUT2D eigenvalue weighted by Gasteiger charge is 2.37. The van der Waals surface area contributed by atoms with Crippen LogP contribution in [0, 0.1) is 13.8 Å². The Labute approximate surface area is 177 Å². The van der Waals surface area contributed by atoms with Crippen LogP contribution in [0.15, 0.2) is 15.3 Å². The van der Waals surface area contributed by atoms with Crippen molar-refractivity contribution in [3.05, 3.63) is 49.4 Å². The standard InChI is InChI=1S/C21H23N3O5S/c1-5-24-15(25)10-22(4)19(27)18-13-6-7-23(9-14(13)30-21(18)24)20(28)17-11(2)8-16(26)29-12(17)3/h8H,5-7,9-10H2,1-4H3. The predicted molar refractivity (Wildman–Crippen MR) is 112 cm³/mol. The summed E-state index contributed by atoms with van der Waals surface area (Å²) in [6.45, 7) is 6.57. The Hall–Kier alpha value is -2.94. The van der Waals surface area contributed by atoms with Gasteiger partial charge in [0.05, 0.1) is 17.7 Å². The Morgan fingerprint density at radius 1 is 1.20 bits per heavy atom. The van der Waals surface area contributed by atoms with E-state index < -0.39 is 5.63 Å². The molecule has 2 aromatic rings. The summed E-state index contributed by atoms with van der Waals surface area (Å²) in [4.78, 5) is 56.0. The molecule has 0 saturated carbocycles. The maximum Gasteiger partial charge on any atom is 0.336 e. The monoisotopic (exact) mass is 429 g/mol. The minimum absolute atomic E-state index is 0.0607. The van der Waals surface area contributed by atoms with Gasteiger partial charge in [0.15, 0.2) is 0 Å². The van der Waals surface area contributed by atoms with Crippen molar-refractivity contribution >= 4 is 34.1 Å². The van der Waals surface area contributed by atoms with Crippen LogP contribution in [0.2, 0.25) is 0 Å². The summed E-state index contributed by atoms with van der Waals surface area (Å²) in [6.07, 6.45) is 0.535. The van der Waals surface area contributed by atoms with Crippen LogP contribution in [0.3, 0.4) is 0 Å². The van der Waals surface area contributed by atoms with E-state index in [1.165, 1.54) is 22.3 Å². The fourth-order valence-corrected chi connectivity index (χ4v) is 5.63. The van der Waals surface area contributed by atoms with E-state index in [9.17, 15) is 19.2 Å². The Balaban J connectivity index is 1.72. The quantitative estimate of drug-likeness (QED) is 0.728. The van der Waals surface area contributed by atoms with Crippen molar-refractivity contribution in [2.24, 2.45) is 0 Å². The number of anilines is 1. The molecule has 2 aromatic heterocycles. The van der Waals surface area contributed by atoms with Crippen LogP contribution in [-0.2, 0) is 17.8 Å². The SMILES string of the molecule is CCN1C(=O)CN(C)C(=O)c2c1sc1c2CCN(C(=O)c2c(C)cc(=O)oc2C)C1. The predicted octanol–water partition coefficient (Wildman–Crippen LogP) is 1.96. The molecule has 0 fully saturated rings. The molecular weight excluding hydrogens is 406 g/mol. The molecule has 9 heteroatoms. The minimum atomic E-state index is -0.476. The maximum atomic E-state index is 13.2. The molecule has 3 amide bonds. The second-order valence-electron chi connectivity index (χ2n) is 7.64. The van der Waals surface area contributed by atoms with Gasteiger partial charge in [0.1, 0.15) is 17.3 Å². The van der Waals surface area contributed by atoms with Gasteiger partial charge in [-0.1, -0.05) is 0 Å². The Bertz CT molecular complexity index is 1110. The summed E-state index contributed by atoms with van der Waals surface area (Å²) >= 11 is 1.41. The van der Waals surface area contributed by atoms with Crippen molar-refractivity contribution in [3.63, 3.8) is 0 Å². The lowest BCUT2D eigenvalue weighted by Gasteiger charge is -2.28. The third kappa shape index (κ3) is 3.13. The highest BCUT2D eigenvalue weighted by Crippen LogP contribution is 2.41. The van der Waals surface area contributed by atoms with E-state index in [4.69, 9.17) is 4.42 Å². The maximum absolute atomic E-state index is 13.2. The number of thiophene rings is 1. The first-order valence-electron chi connectivity index (χ1n) is 9.83. The van der Waals surface area contributed by atoms with Gasteiger partial charge in [-0.15, -0.1) is 11.3 Å². The molecule has 2 aliphatic rings. The summed E-state index contributed by atoms with van der Waals surface area (Å²) in [5.41, 5.74) is 2.03. The number of fused-ring (bicyclic) bond motifs is 3. The van der Waals surface area contributed by atoms with Crippen LogP contribution in [0.5, 0.6) is 0 Å². The number of nitrogens with zero attached hydrogens (tertiary/aromatic N) is 3. The molecule has 0 aliphatic carbocycles. The van der Waals surface area contributed by atoms with Crippen LogP contribution < -0.4 is 10.5 Å². The molecule has 8 nitrogen and oxygen atoms in total. The first-order chi connectivity index (χ1) is 14.2. The molecule has 0 aromatic carbocycles. The molecule has 0 saturated heterocycles. The van der Waals surface area contributed by atoms with Gasteiger partial charge in [0.25, 0.3) is 11.8 Å². The fourth-order valence-electron chi connectivity index (χ4n) is 4.19. The van der Waals surface area contributed by atoms with E-state index in [1.54, 1.807) is 30.7 Å². The van der Waals surface area contributed by atoms with Gasteiger partial charge in [-0.2, -0.15) is 0 Å². The van der Waals surface area contributed by atoms with E-state index in [0.29, 0.717) is 53.5 Å². The third-order valence-corrected chi connectivity index (χ3v) is 6.91. The van der Waals surface area contributed by atoms with Gasteiger partial charge >= 0.3 is 5.63 Å². The zero-order chi connectivity index (χ0) is 21.7. The highest BCUT2D eigenvalue weighted by atomic mass is 32.1. The molecule has 0 atom stereocenters. The number of amides is 3. The summed E-state index contributed by atoms with van der Waals surface area (Å²) in [7, 11) is 1.64. The first kappa shape index (κ1) is 20.3. The van der Waals surface area contributed by atoms with E-state index in [0.717, 1.165) is 10.4 Å². The largest absolute Gasteiger partial charge is 0.427 e. The van der Waals surface area contributed by atoms with Crippen molar-refractivity contribution in [3.8, 4) is 0 Å². The summed E-state index contributed by atoms with van der Waals surface area (Å²) in [5, 5.41) is 0.675. The average Bonchev–Trinajstić information content (AvgIpc) is 3.01. The Morgan fingerprint density at radius 3 is 2.60 bits per heavy atom. The van der Waals surface area contributed by atoms with Crippen LogP contribution >= 0.6 is 11.3 Å². The molecule has 158 valence electrons. The van der Waals surface area contributed by atoms with Gasteiger partial charge in [-0.25, -0.2) is 4.79 Å². The lowest BCUT2D eigenvalue weighted by Crippen LogP contribution is -2.38. The first-order valence-corrected chi connectivity index (χ1v) is 10.7. The zero-order valence-electron chi connectivity index (χ0n) is 17.4. The van der Waals surface area contributed by atoms with Gasteiger partial charge < -0.3 is 19.1 Å². The second kappa shape index (κ2) is 7.39. The summed E-state index contributed by atoms with van der Waals surface area (Å²) in [6, 6.07) is 1.32. The number of carbonyl (C=O) groups is 3. The molecule has 4 rings (SSSR count). The number of likely N-dealkylation sites (N-methyl/N-ethyl adjacent to an activating group) is 2. The van der Waals surface area contributed by atoms with Gasteiger partial charge in [0.2, 0.25) is 5.91 Å². The molecule has 0 N–H and O–H groups in total. The second-order valence-corrected chi connectivity index (χ2v) is 8.72. The van der Waals surface area contributed by atoms with Crippen LogP contribution in [-0.4, -0.2) is 54.2 Å². The van der Waals surface area contributed by atoms with Crippen molar-refractivity contribution in [1.82, 2.24) is 9.80 Å². The minimum Gasteiger partial charge on any atom is -0.427 e. The van der Waals surface area contributed by atoms with Gasteiger partial charge in [-0.3, -0.25) is 14.4 Å². The number of carbonyl (C=O) groups excluding carboxylic acids is 3. The summed E-state index contributed by atoms with van der Waals surface area (Å²) in [5.74, 6) is -0.153. The molecule has 4 heterocycles. The van der Waals surface area contributed by atoms with Crippen LogP contribution in [0.1, 0.15) is 49.4 Å². The molecular formula is C21H23N3O5S. The Morgan fingerprint density at radius 2 is 1.93 bits per heavy atom. The van der Waals surface area contributed by atoms with Crippen LogP contribution in [0.4, 0.5) is 5.00 Å². The number of aryl methyl sites for hydroxylation is 2. The van der Waals surface area contributed by atoms with E-state index >= 15 is 0 Å². The summed E-state index contributed by atoms with van der Waals surface area (Å²) < 4.78 is 5.12. The average molecular weight is 429 g/mol. The topological polar surface area (TPSA) is 91.1 Å². The molecule has 0 spiro atoms. The van der Waals surface area contributed by atoms with Crippen molar-refractivity contribution in [2.45, 2.75) is 33.7 Å². The van der Waals surface area contributed by atoms with Crippen molar-refractivity contribution < 1.29 is 18.8 Å². The lowest BCUT2D eigenvalue weighted by atomic mass is 10.0. The molecule has 2 aliphatic heterocycles. The fraction of sp³-hybridized carbons (Fsp3) is 0.429. The molecule has 0 unspecified atom stereocenters. The van der Waals surface area contributed by atoms with Gasteiger partial charge in [0, 0.05) is 31.1 Å².